The Morgan fingerprint density at radius 1 is 1.06 bits per heavy atom. The number of benzene rings is 2. The number of carbonyl (C=O) groups excluding carboxylic acids is 1. The molecule has 0 aliphatic carbocycles. The van der Waals surface area contributed by atoms with E-state index in [1.807, 2.05) is 0 Å². The Bertz CT molecular complexity index is 1100. The van der Waals surface area contributed by atoms with Gasteiger partial charge in [0.2, 0.25) is 10.0 Å². The first-order valence-corrected chi connectivity index (χ1v) is 12.3. The molecule has 33 heavy (non-hydrogen) atoms. The van der Waals surface area contributed by atoms with Gasteiger partial charge >= 0.3 is 0 Å². The molecule has 2 aromatic rings. The zero-order valence-corrected chi connectivity index (χ0v) is 19.9. The van der Waals surface area contributed by atoms with Crippen LogP contribution in [0.2, 0.25) is 0 Å². The van der Waals surface area contributed by atoms with Gasteiger partial charge in [-0.3, -0.25) is 4.79 Å². The molecule has 2 aromatic carbocycles. The number of hydrogen-bond acceptors (Lipinski definition) is 7. The minimum Gasteiger partial charge on any atom is -0.490 e. The summed E-state index contributed by atoms with van der Waals surface area (Å²) in [6.07, 6.45) is 0.802. The van der Waals surface area contributed by atoms with Gasteiger partial charge in [-0.05, 0) is 36.8 Å². The normalized spacial score (nSPS) is 14.0. The molecule has 0 saturated carbocycles. The molecule has 1 aliphatic heterocycles. The molecule has 0 radical (unpaired) electrons. The van der Waals surface area contributed by atoms with Crippen LogP contribution in [-0.2, 0) is 19.7 Å². The van der Waals surface area contributed by atoms with Gasteiger partial charge in [-0.2, -0.15) is 4.31 Å². The van der Waals surface area contributed by atoms with Crippen molar-refractivity contribution < 1.29 is 27.5 Å². The van der Waals surface area contributed by atoms with Gasteiger partial charge in [0, 0.05) is 31.3 Å². The van der Waals surface area contributed by atoms with E-state index in [1.54, 1.807) is 63.2 Å². The lowest BCUT2D eigenvalue weighted by Crippen LogP contribution is -2.30. The lowest BCUT2D eigenvalue weighted by Gasteiger charge is -2.18. The number of sulfonamides is 1. The van der Waals surface area contributed by atoms with Crippen molar-refractivity contribution in [2.24, 2.45) is 5.16 Å². The second-order valence-electron chi connectivity index (χ2n) is 7.32. The van der Waals surface area contributed by atoms with E-state index in [9.17, 15) is 13.2 Å². The number of rotatable bonds is 9. The van der Waals surface area contributed by atoms with Crippen molar-refractivity contribution in [2.75, 3.05) is 38.2 Å². The molecule has 0 saturated heterocycles. The predicted molar refractivity (Wildman–Crippen MR) is 125 cm³/mol. The maximum Gasteiger partial charge on any atom is 0.265 e. The largest absolute Gasteiger partial charge is 0.490 e. The van der Waals surface area contributed by atoms with Crippen molar-refractivity contribution in [1.29, 1.82) is 0 Å². The maximum absolute atomic E-state index is 12.6. The summed E-state index contributed by atoms with van der Waals surface area (Å²) in [5, 5.41) is 6.70. The molecule has 10 heteroatoms. The van der Waals surface area contributed by atoms with Crippen LogP contribution in [0.25, 0.3) is 0 Å². The molecular weight excluding hydrogens is 446 g/mol. The summed E-state index contributed by atoms with van der Waals surface area (Å²) < 4.78 is 37.8. The van der Waals surface area contributed by atoms with Gasteiger partial charge < -0.3 is 19.6 Å². The van der Waals surface area contributed by atoms with Crippen molar-refractivity contribution in [3.05, 3.63) is 48.0 Å². The van der Waals surface area contributed by atoms with Gasteiger partial charge in [0.25, 0.3) is 5.91 Å². The molecule has 0 atom stereocenters. The van der Waals surface area contributed by atoms with E-state index in [0.29, 0.717) is 54.8 Å². The van der Waals surface area contributed by atoms with Crippen LogP contribution in [-0.4, -0.2) is 57.3 Å². The van der Waals surface area contributed by atoms with E-state index in [1.165, 1.54) is 4.31 Å². The fourth-order valence-electron chi connectivity index (χ4n) is 3.26. The van der Waals surface area contributed by atoms with Gasteiger partial charge in [-0.25, -0.2) is 8.42 Å². The molecule has 0 unspecified atom stereocenters. The average Bonchev–Trinajstić information content (AvgIpc) is 3.05. The number of fused-ring (bicyclic) bond motifs is 1. The Balaban J connectivity index is 1.56. The monoisotopic (exact) mass is 475 g/mol. The van der Waals surface area contributed by atoms with Crippen molar-refractivity contribution in [2.45, 2.75) is 32.1 Å². The summed E-state index contributed by atoms with van der Waals surface area (Å²) in [4.78, 5) is 17.6. The van der Waals surface area contributed by atoms with Crippen LogP contribution in [0.5, 0.6) is 11.5 Å². The van der Waals surface area contributed by atoms with E-state index in [0.717, 1.165) is 6.42 Å². The SMILES string of the molecule is CCN(CC)S(=O)(=O)c1ccc(/C(C)=N/OCC(=O)Nc2ccc3c(c2)OCCCO3)cc1. The number of carbonyl (C=O) groups is 1. The molecule has 178 valence electrons. The molecule has 1 N–H and O–H groups in total. The smallest absolute Gasteiger partial charge is 0.265 e. The number of ether oxygens (including phenoxy) is 2. The first-order chi connectivity index (χ1) is 15.8. The third kappa shape index (κ3) is 6.23. The molecule has 9 nitrogen and oxygen atoms in total. The van der Waals surface area contributed by atoms with Gasteiger partial charge in [0.15, 0.2) is 18.1 Å². The average molecular weight is 476 g/mol. The van der Waals surface area contributed by atoms with Crippen molar-refractivity contribution in [1.82, 2.24) is 4.31 Å². The molecule has 0 aromatic heterocycles. The molecule has 0 spiro atoms. The zero-order chi connectivity index (χ0) is 23.8. The molecule has 1 heterocycles. The predicted octanol–water partition coefficient (Wildman–Crippen LogP) is 3.26. The van der Waals surface area contributed by atoms with E-state index in [2.05, 4.69) is 10.5 Å². The lowest BCUT2D eigenvalue weighted by molar-refractivity contribution is -0.120. The Labute approximate surface area is 194 Å². The first-order valence-electron chi connectivity index (χ1n) is 10.8. The summed E-state index contributed by atoms with van der Waals surface area (Å²) in [6, 6.07) is 11.6. The number of amides is 1. The van der Waals surface area contributed by atoms with Crippen LogP contribution < -0.4 is 14.8 Å². The van der Waals surface area contributed by atoms with Crippen LogP contribution in [0, 0.1) is 0 Å². The summed E-state index contributed by atoms with van der Waals surface area (Å²) in [5.41, 5.74) is 1.78. The topological polar surface area (TPSA) is 107 Å². The minimum absolute atomic E-state index is 0.221. The molecular formula is C23H29N3O6S. The highest BCUT2D eigenvalue weighted by Gasteiger charge is 2.21. The molecule has 1 aliphatic rings. The molecule has 1 amide bonds. The van der Waals surface area contributed by atoms with Crippen LogP contribution in [0.3, 0.4) is 0 Å². The number of oxime groups is 1. The zero-order valence-electron chi connectivity index (χ0n) is 19.0. The van der Waals surface area contributed by atoms with Crippen molar-refractivity contribution in [3.8, 4) is 11.5 Å². The number of nitrogens with one attached hydrogen (secondary N) is 1. The number of anilines is 1. The Morgan fingerprint density at radius 3 is 2.39 bits per heavy atom. The standard InChI is InChI=1S/C23H29N3O6S/c1-4-26(5-2)33(28,29)20-10-7-18(8-11-20)17(3)25-32-16-23(27)24-19-9-12-21-22(15-19)31-14-6-13-30-21/h7-12,15H,4-6,13-14,16H2,1-3H3,(H,24,27)/b25-17+. The Morgan fingerprint density at radius 2 is 1.73 bits per heavy atom. The van der Waals surface area contributed by atoms with E-state index < -0.39 is 10.0 Å². The third-order valence-corrected chi connectivity index (χ3v) is 7.11. The fraction of sp³-hybridized carbons (Fsp3) is 0.391. The quantitative estimate of drug-likeness (QED) is 0.441. The molecule has 3 rings (SSSR count). The Hall–Kier alpha value is -3.11. The number of nitrogens with zero attached hydrogens (tertiary/aromatic N) is 2. The van der Waals surface area contributed by atoms with Gasteiger partial charge in [-0.15, -0.1) is 0 Å². The van der Waals surface area contributed by atoms with Crippen molar-refractivity contribution in [3.63, 3.8) is 0 Å². The fourth-order valence-corrected chi connectivity index (χ4v) is 4.72. The Kier molecular flexibility index (Phi) is 8.29. The number of hydrogen-bond donors (Lipinski definition) is 1. The van der Waals surface area contributed by atoms with E-state index in [-0.39, 0.29) is 17.4 Å². The van der Waals surface area contributed by atoms with Crippen LogP contribution in [0.1, 0.15) is 32.8 Å². The highest BCUT2D eigenvalue weighted by Crippen LogP contribution is 2.32. The lowest BCUT2D eigenvalue weighted by atomic mass is 10.1. The van der Waals surface area contributed by atoms with Crippen LogP contribution >= 0.6 is 0 Å². The molecule has 0 fully saturated rings. The second-order valence-corrected chi connectivity index (χ2v) is 9.26. The maximum atomic E-state index is 12.6. The summed E-state index contributed by atoms with van der Waals surface area (Å²) >= 11 is 0. The molecule has 0 bridgehead atoms. The highest BCUT2D eigenvalue weighted by atomic mass is 32.2. The van der Waals surface area contributed by atoms with Crippen LogP contribution in [0.15, 0.2) is 52.5 Å². The van der Waals surface area contributed by atoms with Crippen LogP contribution in [0.4, 0.5) is 5.69 Å². The van der Waals surface area contributed by atoms with Gasteiger partial charge in [0.1, 0.15) is 0 Å². The van der Waals surface area contributed by atoms with Gasteiger partial charge in [0.05, 0.1) is 23.8 Å². The van der Waals surface area contributed by atoms with Gasteiger partial charge in [-0.1, -0.05) is 31.1 Å². The third-order valence-electron chi connectivity index (χ3n) is 5.04. The summed E-state index contributed by atoms with van der Waals surface area (Å²) in [6.45, 7) is 7.01. The van der Waals surface area contributed by atoms with E-state index >= 15 is 0 Å². The van der Waals surface area contributed by atoms with E-state index in [4.69, 9.17) is 14.3 Å². The highest BCUT2D eigenvalue weighted by molar-refractivity contribution is 7.89. The first kappa shape index (κ1) is 24.5. The minimum atomic E-state index is -3.52. The summed E-state index contributed by atoms with van der Waals surface area (Å²) in [7, 11) is -3.52. The summed E-state index contributed by atoms with van der Waals surface area (Å²) in [5.74, 6) is 0.867. The second kappa shape index (κ2) is 11.2. The van der Waals surface area contributed by atoms with Crippen molar-refractivity contribution >= 4 is 27.3 Å².